The number of ether oxygens (including phenoxy) is 2. The van der Waals surface area contributed by atoms with Crippen molar-refractivity contribution >= 4 is 33.6 Å². The third-order valence-electron chi connectivity index (χ3n) is 5.26. The Hall–Kier alpha value is -2.38. The molecule has 0 saturated carbocycles. The number of hydrogen-bond acceptors (Lipinski definition) is 6. The smallest absolute Gasteiger partial charge is 0.326 e. The molecule has 4 rings (SSSR count). The van der Waals surface area contributed by atoms with Crippen LogP contribution in [0.2, 0.25) is 0 Å². The first-order valence-corrected chi connectivity index (χ1v) is 9.29. The van der Waals surface area contributed by atoms with Gasteiger partial charge >= 0.3 is 11.9 Å². The van der Waals surface area contributed by atoms with Crippen LogP contribution >= 0.6 is 15.9 Å². The van der Waals surface area contributed by atoms with Gasteiger partial charge in [0.1, 0.15) is 6.10 Å². The van der Waals surface area contributed by atoms with Crippen molar-refractivity contribution in [3.63, 3.8) is 0 Å². The first-order valence-electron chi connectivity index (χ1n) is 8.50. The topological polar surface area (TPSA) is 65.1 Å². The van der Waals surface area contributed by atoms with Crippen LogP contribution in [-0.2, 0) is 23.9 Å². The Morgan fingerprint density at radius 2 is 1.78 bits per heavy atom. The predicted octanol–water partition coefficient (Wildman–Crippen LogP) is 3.72. The lowest BCUT2D eigenvalue weighted by atomic mass is 9.73. The quantitative estimate of drug-likeness (QED) is 0.544. The van der Waals surface area contributed by atoms with E-state index in [1.54, 1.807) is 5.06 Å². The molecule has 0 spiro atoms. The molecule has 0 amide bonds. The molecule has 27 heavy (non-hydrogen) atoms. The summed E-state index contributed by atoms with van der Waals surface area (Å²) in [6.45, 7) is 0. The van der Waals surface area contributed by atoms with Crippen molar-refractivity contribution in [1.82, 2.24) is 0 Å². The second-order valence-electron chi connectivity index (χ2n) is 6.60. The molecule has 2 aliphatic heterocycles. The van der Waals surface area contributed by atoms with Crippen molar-refractivity contribution in [3.8, 4) is 0 Å². The van der Waals surface area contributed by atoms with Gasteiger partial charge in [-0.15, -0.1) is 0 Å². The monoisotopic (exact) mass is 431 g/mol. The fourth-order valence-electron chi connectivity index (χ4n) is 4.01. The average Bonchev–Trinajstić information content (AvgIpc) is 3.02. The first-order chi connectivity index (χ1) is 13.0. The molecule has 140 valence electrons. The van der Waals surface area contributed by atoms with Crippen LogP contribution in [0.3, 0.4) is 0 Å². The zero-order valence-corrected chi connectivity index (χ0v) is 16.4. The molecule has 1 fully saturated rings. The van der Waals surface area contributed by atoms with E-state index in [-0.39, 0.29) is 12.5 Å². The number of nitrogens with zero attached hydrogens (tertiary/aromatic N) is 1. The van der Waals surface area contributed by atoms with E-state index in [1.807, 2.05) is 48.5 Å². The molecule has 2 bridgehead atoms. The van der Waals surface area contributed by atoms with Crippen LogP contribution in [0, 0.1) is 5.41 Å². The zero-order valence-electron chi connectivity index (χ0n) is 14.8. The second kappa shape index (κ2) is 6.65. The van der Waals surface area contributed by atoms with Crippen molar-refractivity contribution in [1.29, 1.82) is 0 Å². The molecule has 0 unspecified atom stereocenters. The summed E-state index contributed by atoms with van der Waals surface area (Å²) >= 11 is 3.46. The number of benzene rings is 2. The van der Waals surface area contributed by atoms with Crippen molar-refractivity contribution in [2.45, 2.75) is 18.6 Å². The number of fused-ring (bicyclic) bond motifs is 5. The third kappa shape index (κ3) is 2.56. The molecule has 2 heterocycles. The lowest BCUT2D eigenvalue weighted by molar-refractivity contribution is -0.192. The summed E-state index contributed by atoms with van der Waals surface area (Å²) in [4.78, 5) is 32.0. The molecule has 0 N–H and O–H groups in total. The van der Waals surface area contributed by atoms with Crippen LogP contribution in [0.1, 0.15) is 29.7 Å². The molecule has 0 aromatic heterocycles. The molecule has 2 aliphatic rings. The summed E-state index contributed by atoms with van der Waals surface area (Å²) < 4.78 is 10.9. The highest BCUT2D eigenvalue weighted by atomic mass is 79.9. The molecular weight excluding hydrogens is 414 g/mol. The van der Waals surface area contributed by atoms with Gasteiger partial charge in [-0.1, -0.05) is 46.3 Å². The molecule has 7 heteroatoms. The number of anilines is 1. The number of carbonyl (C=O) groups is 2. The molecule has 0 radical (unpaired) electrons. The molecule has 0 aliphatic carbocycles. The normalized spacial score (nSPS) is 22.1. The average molecular weight is 432 g/mol. The summed E-state index contributed by atoms with van der Waals surface area (Å²) in [7, 11) is 2.54. The van der Waals surface area contributed by atoms with Crippen LogP contribution in [0.15, 0.2) is 53.0 Å². The van der Waals surface area contributed by atoms with E-state index in [2.05, 4.69) is 15.9 Å². The van der Waals surface area contributed by atoms with Crippen LogP contribution < -0.4 is 5.06 Å². The van der Waals surface area contributed by atoms with E-state index < -0.39 is 23.5 Å². The fourth-order valence-corrected chi connectivity index (χ4v) is 4.39. The number of esters is 2. The number of rotatable bonds is 3. The SMILES string of the molecule is COC(=O)C1(C(=O)OC)C[C@H](c2ccccc2)N2O[C@@H]1c1cc(Br)ccc12. The number of methoxy groups -OCH3 is 2. The summed E-state index contributed by atoms with van der Waals surface area (Å²) in [5.41, 5.74) is 0.918. The Labute approximate surface area is 165 Å². The van der Waals surface area contributed by atoms with Crippen molar-refractivity contribution < 1.29 is 23.9 Å². The van der Waals surface area contributed by atoms with Gasteiger partial charge in [-0.05, 0) is 23.8 Å². The fraction of sp³-hybridized carbons (Fsp3) is 0.300. The van der Waals surface area contributed by atoms with Gasteiger partial charge in [0, 0.05) is 16.5 Å². The van der Waals surface area contributed by atoms with Gasteiger partial charge in [0.15, 0.2) is 5.41 Å². The largest absolute Gasteiger partial charge is 0.468 e. The molecule has 2 aromatic carbocycles. The van der Waals surface area contributed by atoms with Gasteiger partial charge in [0.25, 0.3) is 0 Å². The van der Waals surface area contributed by atoms with Gasteiger partial charge in [0.2, 0.25) is 0 Å². The molecular formula is C20H18BrNO5. The van der Waals surface area contributed by atoms with Gasteiger partial charge < -0.3 is 9.47 Å². The maximum Gasteiger partial charge on any atom is 0.326 e. The Morgan fingerprint density at radius 3 is 2.41 bits per heavy atom. The Kier molecular flexibility index (Phi) is 4.44. The number of carbonyl (C=O) groups excluding carboxylic acids is 2. The number of hydrogen-bond donors (Lipinski definition) is 0. The van der Waals surface area contributed by atoms with Crippen molar-refractivity contribution in [3.05, 3.63) is 64.1 Å². The van der Waals surface area contributed by atoms with Crippen molar-refractivity contribution in [2.75, 3.05) is 19.3 Å². The Balaban J connectivity index is 1.95. The third-order valence-corrected chi connectivity index (χ3v) is 5.75. The predicted molar refractivity (Wildman–Crippen MR) is 101 cm³/mol. The standard InChI is InChI=1S/C20H18BrNO5/c1-25-18(23)20(19(24)26-2)11-16(12-6-4-3-5-7-12)22-15-9-8-13(21)10-14(15)17(20)27-22/h3-10,16-17H,11H2,1-2H3/t16-,17-/m1/s1. The highest BCUT2D eigenvalue weighted by Gasteiger charge is 2.64. The highest BCUT2D eigenvalue weighted by molar-refractivity contribution is 9.10. The molecule has 1 saturated heterocycles. The van der Waals surface area contributed by atoms with Gasteiger partial charge in [-0.2, -0.15) is 0 Å². The van der Waals surface area contributed by atoms with E-state index in [1.165, 1.54) is 14.2 Å². The first kappa shape index (κ1) is 18.0. The van der Waals surface area contributed by atoms with Crippen molar-refractivity contribution in [2.24, 2.45) is 5.41 Å². The van der Waals surface area contributed by atoms with E-state index in [0.717, 1.165) is 21.3 Å². The van der Waals surface area contributed by atoms with Crippen LogP contribution in [-0.4, -0.2) is 26.2 Å². The maximum absolute atomic E-state index is 12.9. The molecule has 2 atom stereocenters. The lowest BCUT2D eigenvalue weighted by Crippen LogP contribution is -2.52. The van der Waals surface area contributed by atoms with Gasteiger partial charge in [-0.25, -0.2) is 5.06 Å². The summed E-state index contributed by atoms with van der Waals surface area (Å²) in [6.07, 6.45) is -0.627. The minimum atomic E-state index is -1.59. The molecule has 2 aromatic rings. The molecule has 6 nitrogen and oxygen atoms in total. The Morgan fingerprint density at radius 1 is 1.11 bits per heavy atom. The summed E-state index contributed by atoms with van der Waals surface area (Å²) in [5.74, 6) is -1.32. The van der Waals surface area contributed by atoms with Crippen LogP contribution in [0.4, 0.5) is 5.69 Å². The van der Waals surface area contributed by atoms with Gasteiger partial charge in [0.05, 0.1) is 25.9 Å². The highest BCUT2D eigenvalue weighted by Crippen LogP contribution is 2.59. The minimum absolute atomic E-state index is 0.188. The lowest BCUT2D eigenvalue weighted by Gasteiger charge is -2.42. The second-order valence-corrected chi connectivity index (χ2v) is 7.52. The van der Waals surface area contributed by atoms with Gasteiger partial charge in [-0.3, -0.25) is 14.4 Å². The van der Waals surface area contributed by atoms with Crippen LogP contribution in [0.25, 0.3) is 0 Å². The van der Waals surface area contributed by atoms with E-state index >= 15 is 0 Å². The summed E-state index contributed by atoms with van der Waals surface area (Å²) in [5, 5.41) is 1.78. The minimum Gasteiger partial charge on any atom is -0.468 e. The van der Waals surface area contributed by atoms with E-state index in [9.17, 15) is 9.59 Å². The van der Waals surface area contributed by atoms with E-state index in [0.29, 0.717) is 0 Å². The maximum atomic E-state index is 12.9. The summed E-state index contributed by atoms with van der Waals surface area (Å²) in [6, 6.07) is 15.0. The Bertz CT molecular complexity index is 885. The number of halogens is 1. The van der Waals surface area contributed by atoms with Crippen LogP contribution in [0.5, 0.6) is 0 Å². The zero-order chi connectivity index (χ0) is 19.2. The number of hydroxylamine groups is 1. The van der Waals surface area contributed by atoms with E-state index in [4.69, 9.17) is 14.3 Å².